The van der Waals surface area contributed by atoms with E-state index in [1.165, 1.54) is 43.6 Å². The van der Waals surface area contributed by atoms with Crippen molar-refractivity contribution in [3.05, 3.63) is 48.8 Å². The van der Waals surface area contributed by atoms with Crippen LogP contribution in [0.1, 0.15) is 6.92 Å². The molecule has 7 heteroatoms. The number of anilines is 2. The molecule has 20 heavy (non-hydrogen) atoms. The number of carbonyl (C=O) groups excluding carboxylic acids is 1. The third-order valence-corrected chi connectivity index (χ3v) is 3.81. The van der Waals surface area contributed by atoms with Crippen LogP contribution in [0.3, 0.4) is 0 Å². The average Bonchev–Trinajstić information content (AvgIpc) is 2.39. The zero-order chi connectivity index (χ0) is 14.6. The van der Waals surface area contributed by atoms with Gasteiger partial charge in [-0.05, 0) is 36.4 Å². The molecule has 104 valence electrons. The second-order valence-corrected chi connectivity index (χ2v) is 5.73. The third-order valence-electron chi connectivity index (χ3n) is 2.42. The normalized spacial score (nSPS) is 10.8. The monoisotopic (exact) mass is 291 g/mol. The Morgan fingerprint density at radius 3 is 2.15 bits per heavy atom. The molecule has 0 aliphatic carbocycles. The summed E-state index contributed by atoms with van der Waals surface area (Å²) in [7, 11) is -3.65. The third kappa shape index (κ3) is 3.55. The number of rotatable bonds is 4. The van der Waals surface area contributed by atoms with E-state index in [0.717, 1.165) is 0 Å². The van der Waals surface area contributed by atoms with Gasteiger partial charge in [-0.3, -0.25) is 14.5 Å². The molecule has 0 fully saturated rings. The first-order chi connectivity index (χ1) is 9.47. The van der Waals surface area contributed by atoms with Crippen LogP contribution < -0.4 is 10.0 Å². The van der Waals surface area contributed by atoms with Crippen LogP contribution in [0.25, 0.3) is 0 Å². The van der Waals surface area contributed by atoms with E-state index in [1.54, 1.807) is 12.1 Å². The van der Waals surface area contributed by atoms with E-state index in [4.69, 9.17) is 0 Å². The standard InChI is InChI=1S/C13H13N3O3S/c1-10(17)15-11-2-4-13(5-3-11)20(18,19)16-12-6-8-14-9-7-12/h2-9H,1H3,(H,14,16)(H,15,17). The molecule has 0 spiro atoms. The largest absolute Gasteiger partial charge is 0.326 e. The van der Waals surface area contributed by atoms with Crippen LogP contribution in [0.2, 0.25) is 0 Å². The molecule has 2 rings (SSSR count). The van der Waals surface area contributed by atoms with Gasteiger partial charge in [-0.2, -0.15) is 0 Å². The Bertz CT molecular complexity index is 697. The molecule has 0 saturated heterocycles. The van der Waals surface area contributed by atoms with E-state index >= 15 is 0 Å². The van der Waals surface area contributed by atoms with E-state index in [0.29, 0.717) is 11.4 Å². The van der Waals surface area contributed by atoms with Crippen molar-refractivity contribution in [1.82, 2.24) is 4.98 Å². The van der Waals surface area contributed by atoms with Gasteiger partial charge in [0.05, 0.1) is 10.6 Å². The molecule has 0 radical (unpaired) electrons. The number of sulfonamides is 1. The minimum Gasteiger partial charge on any atom is -0.326 e. The highest BCUT2D eigenvalue weighted by Gasteiger charge is 2.13. The second kappa shape index (κ2) is 5.70. The summed E-state index contributed by atoms with van der Waals surface area (Å²) >= 11 is 0. The molecule has 0 aliphatic rings. The minimum absolute atomic E-state index is 0.114. The predicted octanol–water partition coefficient (Wildman–Crippen LogP) is 1.84. The average molecular weight is 291 g/mol. The maximum Gasteiger partial charge on any atom is 0.261 e. The fraction of sp³-hybridized carbons (Fsp3) is 0.0769. The van der Waals surface area contributed by atoms with E-state index in [2.05, 4.69) is 15.0 Å². The van der Waals surface area contributed by atoms with Crippen LogP contribution in [0.5, 0.6) is 0 Å². The maximum atomic E-state index is 12.1. The number of hydrogen-bond donors (Lipinski definition) is 2. The molecule has 1 heterocycles. The molecular formula is C13H13N3O3S. The maximum absolute atomic E-state index is 12.1. The number of pyridine rings is 1. The Morgan fingerprint density at radius 2 is 1.60 bits per heavy atom. The van der Waals surface area contributed by atoms with Crippen LogP contribution in [0.4, 0.5) is 11.4 Å². The zero-order valence-electron chi connectivity index (χ0n) is 10.7. The highest BCUT2D eigenvalue weighted by atomic mass is 32.2. The molecule has 0 atom stereocenters. The van der Waals surface area contributed by atoms with Gasteiger partial charge in [-0.15, -0.1) is 0 Å². The van der Waals surface area contributed by atoms with Crippen molar-refractivity contribution in [3.63, 3.8) is 0 Å². The molecule has 0 aliphatic heterocycles. The first kappa shape index (κ1) is 14.0. The first-order valence-electron chi connectivity index (χ1n) is 5.78. The number of amides is 1. The van der Waals surface area contributed by atoms with Gasteiger partial charge in [0.2, 0.25) is 5.91 Å². The minimum atomic E-state index is -3.65. The summed E-state index contributed by atoms with van der Waals surface area (Å²) < 4.78 is 26.7. The van der Waals surface area contributed by atoms with E-state index in [9.17, 15) is 13.2 Å². The van der Waals surface area contributed by atoms with Gasteiger partial charge >= 0.3 is 0 Å². The lowest BCUT2D eigenvalue weighted by atomic mass is 10.3. The zero-order valence-corrected chi connectivity index (χ0v) is 11.5. The van der Waals surface area contributed by atoms with Crippen molar-refractivity contribution in [1.29, 1.82) is 0 Å². The first-order valence-corrected chi connectivity index (χ1v) is 7.26. The number of aromatic nitrogens is 1. The Balaban J connectivity index is 2.19. The highest BCUT2D eigenvalue weighted by Crippen LogP contribution is 2.17. The van der Waals surface area contributed by atoms with Crippen LogP contribution in [-0.2, 0) is 14.8 Å². The van der Waals surface area contributed by atoms with Gasteiger partial charge in [-0.1, -0.05) is 0 Å². The molecule has 6 nitrogen and oxygen atoms in total. The fourth-order valence-corrected chi connectivity index (χ4v) is 2.61. The Kier molecular flexibility index (Phi) is 3.99. The Labute approximate surface area is 116 Å². The van der Waals surface area contributed by atoms with Crippen molar-refractivity contribution >= 4 is 27.3 Å². The summed E-state index contributed by atoms with van der Waals surface area (Å²) in [4.78, 5) is 14.8. The lowest BCUT2D eigenvalue weighted by Gasteiger charge is -2.08. The van der Waals surface area contributed by atoms with Gasteiger partial charge in [0.15, 0.2) is 0 Å². The molecule has 0 unspecified atom stereocenters. The van der Waals surface area contributed by atoms with Crippen molar-refractivity contribution in [2.24, 2.45) is 0 Å². The van der Waals surface area contributed by atoms with Crippen molar-refractivity contribution < 1.29 is 13.2 Å². The number of carbonyl (C=O) groups is 1. The van der Waals surface area contributed by atoms with Crippen molar-refractivity contribution in [2.45, 2.75) is 11.8 Å². The second-order valence-electron chi connectivity index (χ2n) is 4.05. The SMILES string of the molecule is CC(=O)Nc1ccc(S(=O)(=O)Nc2ccncc2)cc1. The molecule has 1 aromatic heterocycles. The number of nitrogens with zero attached hydrogens (tertiary/aromatic N) is 1. The van der Waals surface area contributed by atoms with Gasteiger partial charge < -0.3 is 5.32 Å². The predicted molar refractivity (Wildman–Crippen MR) is 75.8 cm³/mol. The summed E-state index contributed by atoms with van der Waals surface area (Å²) in [6.07, 6.45) is 3.00. The number of hydrogen-bond acceptors (Lipinski definition) is 4. The molecule has 2 aromatic rings. The fourth-order valence-electron chi connectivity index (χ4n) is 1.55. The molecule has 0 saturated carbocycles. The molecule has 1 amide bonds. The molecular weight excluding hydrogens is 278 g/mol. The molecule has 0 bridgehead atoms. The van der Waals surface area contributed by atoms with Crippen LogP contribution in [0, 0.1) is 0 Å². The van der Waals surface area contributed by atoms with Crippen LogP contribution >= 0.6 is 0 Å². The van der Waals surface area contributed by atoms with E-state index in [1.807, 2.05) is 0 Å². The molecule has 2 N–H and O–H groups in total. The summed E-state index contributed by atoms with van der Waals surface area (Å²) in [5.74, 6) is -0.212. The van der Waals surface area contributed by atoms with Crippen molar-refractivity contribution in [3.8, 4) is 0 Å². The number of benzene rings is 1. The number of nitrogens with one attached hydrogen (secondary N) is 2. The van der Waals surface area contributed by atoms with E-state index in [-0.39, 0.29) is 10.8 Å². The van der Waals surface area contributed by atoms with Crippen LogP contribution in [0.15, 0.2) is 53.7 Å². The summed E-state index contributed by atoms with van der Waals surface area (Å²) in [5, 5.41) is 2.57. The molecule has 1 aromatic carbocycles. The Hall–Kier alpha value is -2.41. The van der Waals surface area contributed by atoms with E-state index < -0.39 is 10.0 Å². The summed E-state index contributed by atoms with van der Waals surface area (Å²) in [5.41, 5.74) is 0.978. The quantitative estimate of drug-likeness (QED) is 0.899. The summed E-state index contributed by atoms with van der Waals surface area (Å²) in [6.45, 7) is 1.38. The lowest BCUT2D eigenvalue weighted by Crippen LogP contribution is -2.13. The van der Waals surface area contributed by atoms with Gasteiger partial charge in [0, 0.05) is 25.0 Å². The van der Waals surface area contributed by atoms with Gasteiger partial charge in [0.1, 0.15) is 0 Å². The van der Waals surface area contributed by atoms with Gasteiger partial charge in [0.25, 0.3) is 10.0 Å². The Morgan fingerprint density at radius 1 is 1.00 bits per heavy atom. The van der Waals surface area contributed by atoms with Gasteiger partial charge in [-0.25, -0.2) is 8.42 Å². The van der Waals surface area contributed by atoms with Crippen LogP contribution in [-0.4, -0.2) is 19.3 Å². The summed E-state index contributed by atoms with van der Waals surface area (Å²) in [6, 6.07) is 9.03. The van der Waals surface area contributed by atoms with Crippen molar-refractivity contribution in [2.75, 3.05) is 10.0 Å². The lowest BCUT2D eigenvalue weighted by molar-refractivity contribution is -0.114. The smallest absolute Gasteiger partial charge is 0.261 e. The topological polar surface area (TPSA) is 88.2 Å². The highest BCUT2D eigenvalue weighted by molar-refractivity contribution is 7.92.